The largest absolute Gasteiger partial charge is 0.396 e. The molecule has 1 saturated heterocycles. The van der Waals surface area contributed by atoms with Gasteiger partial charge in [0.1, 0.15) is 0 Å². The van der Waals surface area contributed by atoms with Gasteiger partial charge in [0.25, 0.3) is 0 Å². The maximum Gasteiger partial charge on any atom is 0.396 e. The zero-order valence-electron chi connectivity index (χ0n) is 5.46. The van der Waals surface area contributed by atoms with E-state index in [9.17, 15) is 13.2 Å². The molecule has 0 spiro atoms. The fraction of sp³-hybridized carbons (Fsp3) is 1.00. The van der Waals surface area contributed by atoms with Crippen molar-refractivity contribution in [1.29, 1.82) is 0 Å². The highest BCUT2D eigenvalue weighted by molar-refractivity contribution is 5.85. The van der Waals surface area contributed by atoms with Crippen molar-refractivity contribution in [2.24, 2.45) is 5.41 Å². The van der Waals surface area contributed by atoms with E-state index in [-0.39, 0.29) is 25.5 Å². The Morgan fingerprint density at radius 2 is 1.70 bits per heavy atom. The van der Waals surface area contributed by atoms with Gasteiger partial charge in [0, 0.05) is 13.1 Å². The number of alkyl halides is 3. The molecule has 1 fully saturated rings. The predicted octanol–water partition coefficient (Wildman–Crippen LogP) is 1.58. The van der Waals surface area contributed by atoms with Crippen LogP contribution in [0.2, 0.25) is 0 Å². The summed E-state index contributed by atoms with van der Waals surface area (Å²) < 4.78 is 35.5. The van der Waals surface area contributed by atoms with Gasteiger partial charge in [0.15, 0.2) is 0 Å². The third kappa shape index (κ3) is 1.37. The van der Waals surface area contributed by atoms with Crippen LogP contribution in [-0.2, 0) is 0 Å². The molecular weight excluding hydrogens is 167 g/mol. The van der Waals surface area contributed by atoms with E-state index in [1.165, 1.54) is 6.92 Å². The van der Waals surface area contributed by atoms with Crippen LogP contribution < -0.4 is 5.32 Å². The van der Waals surface area contributed by atoms with E-state index in [2.05, 4.69) is 5.32 Å². The third-order valence-corrected chi connectivity index (χ3v) is 1.71. The summed E-state index contributed by atoms with van der Waals surface area (Å²) in [6.45, 7) is 1.36. The Balaban J connectivity index is 0.000000810. The lowest BCUT2D eigenvalue weighted by Crippen LogP contribution is -2.59. The Morgan fingerprint density at radius 3 is 1.70 bits per heavy atom. The zero-order valence-corrected chi connectivity index (χ0v) is 6.27. The average molecular weight is 176 g/mol. The molecule has 1 aliphatic rings. The van der Waals surface area contributed by atoms with Crippen LogP contribution in [0.4, 0.5) is 13.2 Å². The first-order chi connectivity index (χ1) is 3.96. The Bertz CT molecular complexity index is 119. The van der Waals surface area contributed by atoms with E-state index < -0.39 is 11.6 Å². The quantitative estimate of drug-likeness (QED) is 0.590. The van der Waals surface area contributed by atoms with Crippen LogP contribution in [0.1, 0.15) is 6.92 Å². The minimum absolute atomic E-state index is 0. The number of nitrogens with one attached hydrogen (secondary N) is 1. The summed E-state index contributed by atoms with van der Waals surface area (Å²) in [6.07, 6.45) is -4.03. The molecule has 1 nitrogen and oxygen atoms in total. The van der Waals surface area contributed by atoms with Gasteiger partial charge < -0.3 is 5.32 Å². The first-order valence-electron chi connectivity index (χ1n) is 2.73. The highest BCUT2D eigenvalue weighted by atomic mass is 35.5. The maximum atomic E-state index is 11.8. The van der Waals surface area contributed by atoms with Crippen LogP contribution in [-0.4, -0.2) is 19.3 Å². The van der Waals surface area contributed by atoms with Gasteiger partial charge in [-0.2, -0.15) is 13.2 Å². The van der Waals surface area contributed by atoms with E-state index >= 15 is 0 Å². The maximum absolute atomic E-state index is 11.8. The molecule has 0 unspecified atom stereocenters. The summed E-state index contributed by atoms with van der Waals surface area (Å²) in [4.78, 5) is 0. The smallest absolute Gasteiger partial charge is 0.315 e. The zero-order chi connectivity index (χ0) is 7.12. The topological polar surface area (TPSA) is 12.0 Å². The molecule has 0 bridgehead atoms. The van der Waals surface area contributed by atoms with E-state index in [1.54, 1.807) is 0 Å². The molecule has 0 aromatic carbocycles. The Labute approximate surface area is 63.4 Å². The van der Waals surface area contributed by atoms with Gasteiger partial charge in [-0.05, 0) is 6.92 Å². The van der Waals surface area contributed by atoms with Crippen molar-refractivity contribution in [2.45, 2.75) is 13.1 Å². The molecule has 1 heterocycles. The van der Waals surface area contributed by atoms with Crippen molar-refractivity contribution < 1.29 is 13.2 Å². The van der Waals surface area contributed by atoms with Gasteiger partial charge in [0.2, 0.25) is 0 Å². The molecule has 0 atom stereocenters. The first-order valence-corrected chi connectivity index (χ1v) is 2.73. The average Bonchev–Trinajstić information content (AvgIpc) is 1.57. The monoisotopic (exact) mass is 175 g/mol. The summed E-state index contributed by atoms with van der Waals surface area (Å²) in [7, 11) is 0. The number of hydrogen-bond donors (Lipinski definition) is 1. The van der Waals surface area contributed by atoms with Crippen molar-refractivity contribution in [2.75, 3.05) is 13.1 Å². The summed E-state index contributed by atoms with van der Waals surface area (Å²) in [6, 6.07) is 0. The molecule has 0 amide bonds. The summed E-state index contributed by atoms with van der Waals surface area (Å²) in [5.41, 5.74) is -1.45. The first kappa shape index (κ1) is 10.0. The highest BCUT2D eigenvalue weighted by Crippen LogP contribution is 2.40. The molecule has 1 N–H and O–H groups in total. The molecule has 62 valence electrons. The Kier molecular flexibility index (Phi) is 2.59. The van der Waals surface area contributed by atoms with Gasteiger partial charge >= 0.3 is 6.18 Å². The van der Waals surface area contributed by atoms with E-state index in [1.807, 2.05) is 0 Å². The number of rotatable bonds is 0. The summed E-state index contributed by atoms with van der Waals surface area (Å²) in [5, 5.41) is 2.59. The SMILES string of the molecule is CC1(C(F)(F)F)CNC1.Cl. The Morgan fingerprint density at radius 1 is 1.30 bits per heavy atom. The van der Waals surface area contributed by atoms with Crippen LogP contribution in [0.5, 0.6) is 0 Å². The summed E-state index contributed by atoms with van der Waals surface area (Å²) >= 11 is 0. The molecule has 0 saturated carbocycles. The molecule has 10 heavy (non-hydrogen) atoms. The molecule has 1 rings (SSSR count). The lowest BCUT2D eigenvalue weighted by Gasteiger charge is -2.40. The minimum Gasteiger partial charge on any atom is -0.315 e. The lowest BCUT2D eigenvalue weighted by molar-refractivity contribution is -0.232. The summed E-state index contributed by atoms with van der Waals surface area (Å²) in [5.74, 6) is 0. The van der Waals surface area contributed by atoms with Crippen molar-refractivity contribution >= 4 is 12.4 Å². The van der Waals surface area contributed by atoms with Gasteiger partial charge in [-0.3, -0.25) is 0 Å². The van der Waals surface area contributed by atoms with Gasteiger partial charge in [0.05, 0.1) is 5.41 Å². The van der Waals surface area contributed by atoms with E-state index in [0.717, 1.165) is 0 Å². The predicted molar refractivity (Wildman–Crippen MR) is 34.3 cm³/mol. The van der Waals surface area contributed by atoms with Crippen LogP contribution in [0, 0.1) is 5.41 Å². The standard InChI is InChI=1S/C5H8F3N.ClH/c1-4(2-9-3-4)5(6,7)8;/h9H,2-3H2,1H3;1H. The fourth-order valence-electron chi connectivity index (χ4n) is 0.700. The second-order valence-corrected chi connectivity index (χ2v) is 2.66. The van der Waals surface area contributed by atoms with Gasteiger partial charge in [-0.25, -0.2) is 0 Å². The number of halogens is 4. The normalized spacial score (nSPS) is 22.8. The van der Waals surface area contributed by atoms with Crippen LogP contribution in [0.3, 0.4) is 0 Å². The fourth-order valence-corrected chi connectivity index (χ4v) is 0.700. The van der Waals surface area contributed by atoms with E-state index in [4.69, 9.17) is 0 Å². The van der Waals surface area contributed by atoms with Crippen molar-refractivity contribution in [3.8, 4) is 0 Å². The molecule has 0 aliphatic carbocycles. The van der Waals surface area contributed by atoms with Gasteiger partial charge in [-0.1, -0.05) is 0 Å². The second-order valence-electron chi connectivity index (χ2n) is 2.66. The molecule has 0 aromatic heterocycles. The van der Waals surface area contributed by atoms with Crippen molar-refractivity contribution in [1.82, 2.24) is 5.32 Å². The van der Waals surface area contributed by atoms with Crippen molar-refractivity contribution in [3.63, 3.8) is 0 Å². The molecule has 1 aliphatic heterocycles. The van der Waals surface area contributed by atoms with Gasteiger partial charge in [-0.15, -0.1) is 12.4 Å². The van der Waals surface area contributed by atoms with Crippen molar-refractivity contribution in [3.05, 3.63) is 0 Å². The molecular formula is C5H9ClF3N. The minimum atomic E-state index is -4.03. The number of hydrogen-bond acceptors (Lipinski definition) is 1. The second kappa shape index (κ2) is 2.58. The molecule has 5 heteroatoms. The molecule has 0 aromatic rings. The van der Waals surface area contributed by atoms with Crippen LogP contribution >= 0.6 is 12.4 Å². The Hall–Kier alpha value is 0.0400. The molecule has 0 radical (unpaired) electrons. The highest BCUT2D eigenvalue weighted by Gasteiger charge is 2.54. The van der Waals surface area contributed by atoms with Crippen LogP contribution in [0.15, 0.2) is 0 Å². The van der Waals surface area contributed by atoms with Crippen LogP contribution in [0.25, 0.3) is 0 Å². The van der Waals surface area contributed by atoms with E-state index in [0.29, 0.717) is 0 Å². The third-order valence-electron chi connectivity index (χ3n) is 1.71. The lowest BCUT2D eigenvalue weighted by atomic mass is 9.84.